The van der Waals surface area contributed by atoms with Crippen LogP contribution >= 0.6 is 0 Å². The lowest BCUT2D eigenvalue weighted by atomic mass is 10.1. The molecule has 3 N–H and O–H groups in total. The molecule has 1 fully saturated rings. The normalized spacial score (nSPS) is 13.0. The third kappa shape index (κ3) is 6.44. The van der Waals surface area contributed by atoms with Gasteiger partial charge in [-0.1, -0.05) is 18.2 Å². The van der Waals surface area contributed by atoms with Gasteiger partial charge in [0.2, 0.25) is 0 Å². The van der Waals surface area contributed by atoms with E-state index < -0.39 is 11.8 Å². The van der Waals surface area contributed by atoms with Gasteiger partial charge in [0.05, 0.1) is 6.21 Å². The third-order valence-electron chi connectivity index (χ3n) is 4.27. The van der Waals surface area contributed by atoms with Crippen LogP contribution < -0.4 is 20.8 Å². The van der Waals surface area contributed by atoms with Gasteiger partial charge < -0.3 is 15.4 Å². The summed E-state index contributed by atoms with van der Waals surface area (Å²) in [7, 11) is 0. The van der Waals surface area contributed by atoms with E-state index in [2.05, 4.69) is 21.2 Å². The summed E-state index contributed by atoms with van der Waals surface area (Å²) in [6.07, 6.45) is 3.15. The van der Waals surface area contributed by atoms with Gasteiger partial charge in [-0.2, -0.15) is 5.10 Å². The number of benzene rings is 2. The maximum absolute atomic E-state index is 12.2. The molecule has 1 saturated carbocycles. The van der Waals surface area contributed by atoms with Gasteiger partial charge in [0.25, 0.3) is 5.91 Å². The fraction of sp³-hybridized carbons (Fsp3) is 0.273. The zero-order valence-electron chi connectivity index (χ0n) is 16.9. The van der Waals surface area contributed by atoms with Gasteiger partial charge >= 0.3 is 11.8 Å². The highest BCUT2D eigenvalue weighted by Crippen LogP contribution is 2.18. The Hall–Kier alpha value is -3.68. The molecular weight excluding hydrogens is 384 g/mol. The molecular formula is C22H24N4O4. The molecule has 3 amide bonds. The molecule has 1 aliphatic rings. The van der Waals surface area contributed by atoms with E-state index in [1.807, 2.05) is 32.0 Å². The molecule has 0 heterocycles. The number of anilines is 1. The Bertz CT molecular complexity index is 963. The molecule has 2 aromatic carbocycles. The van der Waals surface area contributed by atoms with Crippen LogP contribution in [0, 0.1) is 13.8 Å². The summed E-state index contributed by atoms with van der Waals surface area (Å²) in [5.74, 6) is -1.41. The fourth-order valence-electron chi connectivity index (χ4n) is 2.80. The molecule has 8 heteroatoms. The van der Waals surface area contributed by atoms with Crippen LogP contribution in [0.4, 0.5) is 5.69 Å². The van der Waals surface area contributed by atoms with Crippen LogP contribution in [0.2, 0.25) is 0 Å². The zero-order valence-corrected chi connectivity index (χ0v) is 16.9. The van der Waals surface area contributed by atoms with Crippen molar-refractivity contribution in [3.8, 4) is 5.75 Å². The van der Waals surface area contributed by atoms with Gasteiger partial charge in [-0.3, -0.25) is 14.4 Å². The van der Waals surface area contributed by atoms with E-state index in [9.17, 15) is 14.4 Å². The van der Waals surface area contributed by atoms with Gasteiger partial charge in [-0.25, -0.2) is 5.43 Å². The van der Waals surface area contributed by atoms with Crippen LogP contribution in [0.15, 0.2) is 47.6 Å². The predicted octanol–water partition coefficient (Wildman–Crippen LogP) is 2.05. The minimum Gasteiger partial charge on any atom is -0.483 e. The Morgan fingerprint density at radius 3 is 2.47 bits per heavy atom. The third-order valence-corrected chi connectivity index (χ3v) is 4.27. The van der Waals surface area contributed by atoms with Crippen molar-refractivity contribution in [2.45, 2.75) is 32.7 Å². The summed E-state index contributed by atoms with van der Waals surface area (Å²) in [5.41, 5.74) is 5.56. The highest BCUT2D eigenvalue weighted by Gasteiger charge is 2.26. The average Bonchev–Trinajstić information content (AvgIpc) is 3.50. The number of para-hydroxylation sites is 1. The lowest BCUT2D eigenvalue weighted by Gasteiger charge is -2.10. The van der Waals surface area contributed by atoms with E-state index in [-0.39, 0.29) is 18.6 Å². The van der Waals surface area contributed by atoms with Gasteiger partial charge in [0.15, 0.2) is 6.61 Å². The minimum atomic E-state index is -0.829. The van der Waals surface area contributed by atoms with Gasteiger partial charge in [-0.15, -0.1) is 0 Å². The molecule has 156 valence electrons. The van der Waals surface area contributed by atoms with Crippen LogP contribution in [0.25, 0.3) is 0 Å². The number of nitrogens with zero attached hydrogens (tertiary/aromatic N) is 1. The molecule has 8 nitrogen and oxygen atoms in total. The Kier molecular flexibility index (Phi) is 6.79. The smallest absolute Gasteiger partial charge is 0.329 e. The van der Waals surface area contributed by atoms with Gasteiger partial charge in [0.1, 0.15) is 5.75 Å². The number of amides is 3. The molecule has 3 rings (SSSR count). The second-order valence-corrected chi connectivity index (χ2v) is 7.20. The summed E-state index contributed by atoms with van der Waals surface area (Å²) < 4.78 is 5.60. The van der Waals surface area contributed by atoms with E-state index in [0.29, 0.717) is 17.0 Å². The lowest BCUT2D eigenvalue weighted by molar-refractivity contribution is -0.139. The monoisotopic (exact) mass is 408 g/mol. The second-order valence-electron chi connectivity index (χ2n) is 7.20. The standard InChI is InChI=1S/C22H24N4O4/c1-14-9-15(2)11-18(10-14)24-20(27)13-30-19-6-4-3-5-16(19)12-23-26-22(29)21(28)25-17-7-8-17/h3-6,9-12,17H,7-8,13H2,1-2H3,(H,24,27)(H,25,28)(H,26,29)/b23-12-. The van der Waals surface area contributed by atoms with Crippen LogP contribution in [-0.2, 0) is 14.4 Å². The van der Waals surface area contributed by atoms with E-state index in [0.717, 1.165) is 24.0 Å². The number of nitrogens with one attached hydrogen (secondary N) is 3. The van der Waals surface area contributed by atoms with Crippen molar-refractivity contribution in [3.05, 3.63) is 59.2 Å². The van der Waals surface area contributed by atoms with E-state index >= 15 is 0 Å². The van der Waals surface area contributed by atoms with E-state index in [1.54, 1.807) is 24.3 Å². The summed E-state index contributed by atoms with van der Waals surface area (Å²) in [4.78, 5) is 35.5. The molecule has 0 atom stereocenters. The maximum atomic E-state index is 12.2. The number of rotatable bonds is 7. The molecule has 2 aromatic rings. The number of aryl methyl sites for hydroxylation is 2. The topological polar surface area (TPSA) is 109 Å². The highest BCUT2D eigenvalue weighted by atomic mass is 16.5. The van der Waals surface area contributed by atoms with Gasteiger partial charge in [0, 0.05) is 17.3 Å². The van der Waals surface area contributed by atoms with Crippen molar-refractivity contribution in [2.24, 2.45) is 5.10 Å². The predicted molar refractivity (Wildman–Crippen MR) is 113 cm³/mol. The number of carbonyl (C=O) groups excluding carboxylic acids is 3. The minimum absolute atomic E-state index is 0.0937. The SMILES string of the molecule is Cc1cc(C)cc(NC(=O)COc2ccccc2/C=N\NC(=O)C(=O)NC2CC2)c1. The molecule has 0 spiro atoms. The van der Waals surface area contributed by atoms with Crippen molar-refractivity contribution < 1.29 is 19.1 Å². The first-order chi connectivity index (χ1) is 14.4. The summed E-state index contributed by atoms with van der Waals surface area (Å²) in [6.45, 7) is 3.74. The Labute approximate surface area is 174 Å². The number of hydrogen-bond donors (Lipinski definition) is 3. The molecule has 0 saturated heterocycles. The lowest BCUT2D eigenvalue weighted by Crippen LogP contribution is -2.38. The molecule has 30 heavy (non-hydrogen) atoms. The van der Waals surface area contributed by atoms with Crippen LogP contribution in [-0.4, -0.2) is 36.6 Å². The number of hydrogen-bond acceptors (Lipinski definition) is 5. The largest absolute Gasteiger partial charge is 0.483 e. The zero-order chi connectivity index (χ0) is 21.5. The first-order valence-electron chi connectivity index (χ1n) is 9.64. The van der Waals surface area contributed by atoms with E-state index in [1.165, 1.54) is 6.21 Å². The highest BCUT2D eigenvalue weighted by molar-refractivity contribution is 6.35. The summed E-state index contributed by atoms with van der Waals surface area (Å²) in [5, 5.41) is 9.18. The van der Waals surface area contributed by atoms with Crippen molar-refractivity contribution in [1.29, 1.82) is 0 Å². The Morgan fingerprint density at radius 1 is 1.07 bits per heavy atom. The van der Waals surface area contributed by atoms with Crippen molar-refractivity contribution >= 4 is 29.6 Å². The average molecular weight is 408 g/mol. The molecule has 0 unspecified atom stereocenters. The van der Waals surface area contributed by atoms with Crippen molar-refractivity contribution in [2.75, 3.05) is 11.9 Å². The summed E-state index contributed by atoms with van der Waals surface area (Å²) >= 11 is 0. The van der Waals surface area contributed by atoms with Crippen LogP contribution in [0.5, 0.6) is 5.75 Å². The quantitative estimate of drug-likeness (QED) is 0.370. The number of hydrazone groups is 1. The number of ether oxygens (including phenoxy) is 1. The first kappa shape index (κ1) is 21.0. The summed E-state index contributed by atoms with van der Waals surface area (Å²) in [6, 6.07) is 12.8. The number of carbonyl (C=O) groups is 3. The van der Waals surface area contributed by atoms with Crippen LogP contribution in [0.1, 0.15) is 29.5 Å². The molecule has 0 aromatic heterocycles. The molecule has 1 aliphatic carbocycles. The van der Waals surface area contributed by atoms with Crippen molar-refractivity contribution in [1.82, 2.24) is 10.7 Å². The molecule has 0 bridgehead atoms. The molecule has 0 aliphatic heterocycles. The van der Waals surface area contributed by atoms with Crippen molar-refractivity contribution in [3.63, 3.8) is 0 Å². The fourth-order valence-corrected chi connectivity index (χ4v) is 2.80. The van der Waals surface area contributed by atoms with Gasteiger partial charge in [-0.05, 0) is 62.1 Å². The molecule has 0 radical (unpaired) electrons. The van der Waals surface area contributed by atoms with Crippen LogP contribution in [0.3, 0.4) is 0 Å². The second kappa shape index (κ2) is 9.69. The Morgan fingerprint density at radius 2 is 1.77 bits per heavy atom. The maximum Gasteiger partial charge on any atom is 0.329 e. The Balaban J connectivity index is 1.53. The van der Waals surface area contributed by atoms with E-state index in [4.69, 9.17) is 4.74 Å². The first-order valence-corrected chi connectivity index (χ1v) is 9.64.